The van der Waals surface area contributed by atoms with E-state index in [2.05, 4.69) is 36.5 Å². The van der Waals surface area contributed by atoms with Crippen molar-refractivity contribution in [3.63, 3.8) is 0 Å². The van der Waals surface area contributed by atoms with E-state index in [1.807, 2.05) is 0 Å². The zero-order valence-corrected chi connectivity index (χ0v) is 7.00. The molecule has 0 aromatic heterocycles. The summed E-state index contributed by atoms with van der Waals surface area (Å²) in [5, 5.41) is 0. The molecule has 0 amide bonds. The molecule has 0 N–H and O–H groups in total. The molecule has 60 valence electrons. The molecule has 0 bridgehead atoms. The predicted molar refractivity (Wildman–Crippen MR) is 50.5 cm³/mol. The lowest BCUT2D eigenvalue weighted by Gasteiger charge is -1.93. The fraction of sp³-hybridized carbons (Fsp3) is 0.455. The van der Waals surface area contributed by atoms with Gasteiger partial charge in [-0.05, 0) is 25.7 Å². The molecule has 0 spiro atoms. The summed E-state index contributed by atoms with van der Waals surface area (Å²) in [5.74, 6) is 0. The van der Waals surface area contributed by atoms with Crippen molar-refractivity contribution in [2.45, 2.75) is 32.1 Å². The van der Waals surface area contributed by atoms with Crippen molar-refractivity contribution in [1.82, 2.24) is 0 Å². The summed E-state index contributed by atoms with van der Waals surface area (Å²) in [7, 11) is 0. The maximum Gasteiger partial charge on any atom is -0.0348 e. The second-order valence-corrected chi connectivity index (χ2v) is 2.88. The molecule has 0 unspecified atom stereocenters. The largest absolute Gasteiger partial charge is 0.0845 e. The van der Waals surface area contributed by atoms with Crippen LogP contribution in [0.4, 0.5) is 0 Å². The van der Waals surface area contributed by atoms with Gasteiger partial charge in [-0.3, -0.25) is 0 Å². The molecule has 11 heavy (non-hydrogen) atoms. The van der Waals surface area contributed by atoms with Gasteiger partial charge in [0, 0.05) is 0 Å². The first-order valence-corrected chi connectivity index (χ1v) is 4.48. The Kier molecular flexibility index (Phi) is 4.51. The van der Waals surface area contributed by atoms with Crippen LogP contribution in [0.25, 0.3) is 0 Å². The van der Waals surface area contributed by atoms with E-state index in [1.165, 1.54) is 32.1 Å². The van der Waals surface area contributed by atoms with E-state index in [4.69, 9.17) is 0 Å². The third kappa shape index (κ3) is 4.60. The lowest BCUT2D eigenvalue weighted by atomic mass is 10.1. The van der Waals surface area contributed by atoms with Crippen LogP contribution in [0.2, 0.25) is 0 Å². The lowest BCUT2D eigenvalue weighted by Crippen LogP contribution is -1.73. The highest BCUT2D eigenvalue weighted by Crippen LogP contribution is 2.05. The molecule has 0 nitrogen and oxygen atoms in total. The van der Waals surface area contributed by atoms with Gasteiger partial charge in [-0.1, -0.05) is 42.9 Å². The highest BCUT2D eigenvalue weighted by atomic mass is 13.9. The Hall–Kier alpha value is -0.780. The van der Waals surface area contributed by atoms with E-state index in [-0.39, 0.29) is 0 Å². The molecule has 0 heteroatoms. The summed E-state index contributed by atoms with van der Waals surface area (Å²) in [6, 6.07) is 0. The Morgan fingerprint density at radius 2 is 1.09 bits per heavy atom. The van der Waals surface area contributed by atoms with Crippen LogP contribution >= 0.6 is 0 Å². The van der Waals surface area contributed by atoms with Gasteiger partial charge in [0.2, 0.25) is 0 Å². The summed E-state index contributed by atoms with van der Waals surface area (Å²) < 4.78 is 0. The Balaban J connectivity index is 2.36. The smallest absolute Gasteiger partial charge is 0.0348 e. The van der Waals surface area contributed by atoms with Crippen LogP contribution in [-0.4, -0.2) is 0 Å². The molecule has 1 rings (SSSR count). The Morgan fingerprint density at radius 3 is 1.64 bits per heavy atom. The molecule has 0 heterocycles. The summed E-state index contributed by atoms with van der Waals surface area (Å²) in [5.41, 5.74) is 0. The van der Waals surface area contributed by atoms with Crippen molar-refractivity contribution in [3.8, 4) is 0 Å². The van der Waals surface area contributed by atoms with Crippen LogP contribution in [0.15, 0.2) is 36.5 Å². The molecular weight excluding hydrogens is 132 g/mol. The summed E-state index contributed by atoms with van der Waals surface area (Å²) in [4.78, 5) is 0. The summed E-state index contributed by atoms with van der Waals surface area (Å²) in [6.45, 7) is 0. The topological polar surface area (TPSA) is 0 Å². The third-order valence-electron chi connectivity index (χ3n) is 1.85. The second kappa shape index (κ2) is 5.96. The van der Waals surface area contributed by atoms with Crippen molar-refractivity contribution in [1.29, 1.82) is 0 Å². The Bertz CT molecular complexity index is 143. The van der Waals surface area contributed by atoms with Crippen LogP contribution in [0.1, 0.15) is 32.1 Å². The minimum absolute atomic E-state index is 1.24. The lowest BCUT2D eigenvalue weighted by molar-refractivity contribution is 0.696. The van der Waals surface area contributed by atoms with Gasteiger partial charge in [-0.25, -0.2) is 0 Å². The molecule has 0 fully saturated rings. The van der Waals surface area contributed by atoms with Gasteiger partial charge in [-0.2, -0.15) is 0 Å². The summed E-state index contributed by atoms with van der Waals surface area (Å²) in [6.07, 6.45) is 19.5. The predicted octanol–water partition coefficient (Wildman–Crippen LogP) is 3.62. The monoisotopic (exact) mass is 148 g/mol. The average Bonchev–Trinajstić information content (AvgIpc) is 2.08. The number of allylic oxidation sites excluding steroid dienone is 6. The van der Waals surface area contributed by atoms with E-state index in [1.54, 1.807) is 0 Å². The van der Waals surface area contributed by atoms with Crippen LogP contribution in [0.5, 0.6) is 0 Å². The molecule has 0 aliphatic heterocycles. The number of hydrogen-bond donors (Lipinski definition) is 0. The molecule has 0 saturated carbocycles. The zero-order valence-electron chi connectivity index (χ0n) is 7.00. The van der Waals surface area contributed by atoms with Crippen LogP contribution < -0.4 is 0 Å². The molecule has 1 aliphatic carbocycles. The van der Waals surface area contributed by atoms with Crippen molar-refractivity contribution < 1.29 is 0 Å². The molecular formula is C11H16. The van der Waals surface area contributed by atoms with Crippen molar-refractivity contribution >= 4 is 0 Å². The van der Waals surface area contributed by atoms with Crippen molar-refractivity contribution in [3.05, 3.63) is 36.5 Å². The van der Waals surface area contributed by atoms with E-state index in [0.29, 0.717) is 0 Å². The fourth-order valence-electron chi connectivity index (χ4n) is 1.18. The SMILES string of the molecule is C1=CCCCCCC=C/C=C\1. The highest BCUT2D eigenvalue weighted by molar-refractivity contribution is 5.11. The molecule has 0 aromatic rings. The number of rotatable bonds is 0. The van der Waals surface area contributed by atoms with Gasteiger partial charge in [0.15, 0.2) is 0 Å². The first-order chi connectivity index (χ1) is 5.50. The van der Waals surface area contributed by atoms with E-state index in [0.717, 1.165) is 0 Å². The van der Waals surface area contributed by atoms with Gasteiger partial charge in [0.25, 0.3) is 0 Å². The Labute approximate surface area is 69.3 Å². The van der Waals surface area contributed by atoms with Gasteiger partial charge < -0.3 is 0 Å². The van der Waals surface area contributed by atoms with E-state index >= 15 is 0 Å². The first kappa shape index (κ1) is 8.32. The maximum absolute atomic E-state index is 2.25. The highest BCUT2D eigenvalue weighted by Gasteiger charge is 1.85. The standard InChI is InChI=1S/C11H16/c1-2-4-6-8-10-11-9-7-5-3-1/h1-6H,7-11H2/b2-1-,5-3?,6-4?. The van der Waals surface area contributed by atoms with Crippen LogP contribution in [-0.2, 0) is 0 Å². The van der Waals surface area contributed by atoms with Crippen molar-refractivity contribution in [2.75, 3.05) is 0 Å². The molecule has 0 aromatic carbocycles. The number of hydrogen-bond acceptors (Lipinski definition) is 0. The van der Waals surface area contributed by atoms with Crippen molar-refractivity contribution in [2.24, 2.45) is 0 Å². The van der Waals surface area contributed by atoms with E-state index < -0.39 is 0 Å². The van der Waals surface area contributed by atoms with Gasteiger partial charge in [0.1, 0.15) is 0 Å². The minimum atomic E-state index is 1.24. The quantitative estimate of drug-likeness (QED) is 0.492. The van der Waals surface area contributed by atoms with Gasteiger partial charge in [0.05, 0.1) is 0 Å². The zero-order chi connectivity index (χ0) is 7.78. The summed E-state index contributed by atoms with van der Waals surface area (Å²) >= 11 is 0. The van der Waals surface area contributed by atoms with Crippen LogP contribution in [0.3, 0.4) is 0 Å². The second-order valence-electron chi connectivity index (χ2n) is 2.88. The van der Waals surface area contributed by atoms with Crippen LogP contribution in [0, 0.1) is 0 Å². The third-order valence-corrected chi connectivity index (χ3v) is 1.85. The van der Waals surface area contributed by atoms with Gasteiger partial charge >= 0.3 is 0 Å². The fourth-order valence-corrected chi connectivity index (χ4v) is 1.18. The Morgan fingerprint density at radius 1 is 0.545 bits per heavy atom. The maximum atomic E-state index is 2.25. The normalized spacial score (nSPS) is 22.5. The van der Waals surface area contributed by atoms with Gasteiger partial charge in [-0.15, -0.1) is 0 Å². The molecule has 1 aliphatic rings. The molecule has 0 atom stereocenters. The molecule has 0 radical (unpaired) electrons. The average molecular weight is 148 g/mol. The minimum Gasteiger partial charge on any atom is -0.0845 e. The first-order valence-electron chi connectivity index (χ1n) is 4.48. The molecule has 0 saturated heterocycles. The van der Waals surface area contributed by atoms with E-state index in [9.17, 15) is 0 Å².